The molecule has 2 aliphatic rings. The number of carbonyl (C=O) groups excluding carboxylic acids is 1. The molecule has 0 bridgehead atoms. The highest BCUT2D eigenvalue weighted by Gasteiger charge is 2.30. The quantitative estimate of drug-likeness (QED) is 0.236. The molecule has 0 fully saturated rings. The fourth-order valence-corrected chi connectivity index (χ4v) is 1.41. The van der Waals surface area contributed by atoms with Gasteiger partial charge in [0.2, 0.25) is 0 Å². The molecule has 2 atom stereocenters. The van der Waals surface area contributed by atoms with Crippen molar-refractivity contribution in [2.45, 2.75) is 11.8 Å². The zero-order valence-electron chi connectivity index (χ0n) is 6.09. The fourth-order valence-electron chi connectivity index (χ4n) is 1.15. The zero-order valence-corrected chi connectivity index (χ0v) is 6.98. The van der Waals surface area contributed by atoms with Crippen LogP contribution in [0.1, 0.15) is 0 Å². The molecule has 2 aliphatic heterocycles. The molecule has 0 saturated carbocycles. The van der Waals surface area contributed by atoms with Gasteiger partial charge < -0.3 is 21.3 Å². The molecule has 0 radical (unpaired) electrons. The van der Waals surface area contributed by atoms with Crippen molar-refractivity contribution in [1.82, 2.24) is 21.3 Å². The molecule has 6 nitrogen and oxygen atoms in total. The Kier molecular flexibility index (Phi) is 1.55. The Labute approximate surface area is 74.4 Å². The molecule has 12 heavy (non-hydrogen) atoms. The van der Waals surface area contributed by atoms with Crippen LogP contribution in [0.4, 0.5) is 0 Å². The molecule has 0 spiro atoms. The normalized spacial score (nSPS) is 33.0. The fraction of sp³-hybridized carbons (Fsp3) is 0.400. The molecule has 1 amide bonds. The van der Waals surface area contributed by atoms with Crippen LogP contribution in [0.25, 0.3) is 0 Å². The molecular weight excluding hydrogens is 178 g/mol. The Morgan fingerprint density at radius 2 is 2.00 bits per heavy atom. The average molecular weight is 187 g/mol. The number of hydrogen-bond donors (Lipinski definition) is 6. The third-order valence-corrected chi connectivity index (χ3v) is 1.88. The van der Waals surface area contributed by atoms with E-state index in [0.717, 1.165) is 0 Å². The summed E-state index contributed by atoms with van der Waals surface area (Å²) in [4.78, 5) is 11.2. The summed E-state index contributed by atoms with van der Waals surface area (Å²) in [5.41, 5.74) is 5.67. The van der Waals surface area contributed by atoms with Crippen molar-refractivity contribution in [2.75, 3.05) is 0 Å². The largest absolute Gasteiger partial charge is 0.350 e. The van der Waals surface area contributed by atoms with E-state index in [1.54, 1.807) is 0 Å². The molecule has 7 heteroatoms. The lowest BCUT2D eigenvalue weighted by molar-refractivity contribution is -0.119. The van der Waals surface area contributed by atoms with Gasteiger partial charge in [-0.2, -0.15) is 0 Å². The Bertz CT molecular complexity index is 265. The predicted octanol–water partition coefficient (Wildman–Crippen LogP) is -2.48. The highest BCUT2D eigenvalue weighted by Crippen LogP contribution is 2.10. The second kappa shape index (κ2) is 2.46. The summed E-state index contributed by atoms with van der Waals surface area (Å²) in [6.07, 6.45) is -0.538. The van der Waals surface area contributed by atoms with E-state index in [0.29, 0.717) is 11.5 Å². The monoisotopic (exact) mass is 187 g/mol. The van der Waals surface area contributed by atoms with Crippen molar-refractivity contribution in [3.63, 3.8) is 0 Å². The minimum absolute atomic E-state index is 0.222. The third kappa shape index (κ3) is 1.07. The van der Waals surface area contributed by atoms with Crippen LogP contribution in [0.5, 0.6) is 0 Å². The highest BCUT2D eigenvalue weighted by atomic mass is 32.1. The molecule has 2 heterocycles. The van der Waals surface area contributed by atoms with Crippen LogP contribution >= 0.6 is 12.6 Å². The molecule has 2 rings (SSSR count). The number of rotatable bonds is 0. The number of thiol groups is 1. The van der Waals surface area contributed by atoms with Crippen molar-refractivity contribution < 1.29 is 4.79 Å². The number of amides is 1. The van der Waals surface area contributed by atoms with Gasteiger partial charge in [0.05, 0.1) is 0 Å². The van der Waals surface area contributed by atoms with Gasteiger partial charge in [0.1, 0.15) is 17.0 Å². The van der Waals surface area contributed by atoms with Gasteiger partial charge in [0, 0.05) is 0 Å². The summed E-state index contributed by atoms with van der Waals surface area (Å²) in [6, 6.07) is 0. The zero-order chi connectivity index (χ0) is 8.72. The lowest BCUT2D eigenvalue weighted by atomic mass is 10.3. The van der Waals surface area contributed by atoms with Crippen LogP contribution in [-0.2, 0) is 4.79 Å². The van der Waals surface area contributed by atoms with E-state index in [1.807, 2.05) is 0 Å². The van der Waals surface area contributed by atoms with Crippen LogP contribution in [0.2, 0.25) is 0 Å². The Hall–Kier alpha value is -1.08. The van der Waals surface area contributed by atoms with E-state index in [9.17, 15) is 4.79 Å². The molecule has 66 valence electrons. The number of carbonyl (C=O) groups is 1. The third-order valence-electron chi connectivity index (χ3n) is 1.63. The molecule has 0 aromatic rings. The van der Waals surface area contributed by atoms with E-state index in [-0.39, 0.29) is 11.4 Å². The second-order valence-corrected chi connectivity index (χ2v) is 3.05. The SMILES string of the molecule is NC1NC(=O)C2=C(N1)NC(S)N2. The van der Waals surface area contributed by atoms with Crippen LogP contribution in [0, 0.1) is 0 Å². The highest BCUT2D eigenvalue weighted by molar-refractivity contribution is 7.80. The first-order valence-electron chi connectivity index (χ1n) is 3.45. The topological polar surface area (TPSA) is 91.2 Å². The predicted molar refractivity (Wildman–Crippen MR) is 45.3 cm³/mol. The van der Waals surface area contributed by atoms with E-state index in [4.69, 9.17) is 5.73 Å². The standard InChI is InChI=1S/C5H9N5OS/c6-4-8-2-1(3(11)10-4)7-5(12)9-2/h4-5,7-9,12H,6H2,(H,10,11). The number of nitrogens with two attached hydrogens (primary N) is 1. The minimum Gasteiger partial charge on any atom is -0.350 e. The van der Waals surface area contributed by atoms with Crippen molar-refractivity contribution >= 4 is 18.5 Å². The second-order valence-electron chi connectivity index (χ2n) is 2.54. The van der Waals surface area contributed by atoms with E-state index in [2.05, 4.69) is 33.9 Å². The van der Waals surface area contributed by atoms with Crippen LogP contribution in [0.3, 0.4) is 0 Å². The van der Waals surface area contributed by atoms with E-state index < -0.39 is 6.29 Å². The summed E-state index contributed by atoms with van der Waals surface area (Å²) in [5, 5.41) is 11.1. The summed E-state index contributed by atoms with van der Waals surface area (Å²) in [7, 11) is 0. The van der Waals surface area contributed by atoms with Gasteiger partial charge in [-0.25, -0.2) is 0 Å². The van der Waals surface area contributed by atoms with Gasteiger partial charge in [-0.15, -0.1) is 12.6 Å². The smallest absolute Gasteiger partial charge is 0.273 e. The minimum atomic E-state index is -0.538. The van der Waals surface area contributed by atoms with Crippen LogP contribution < -0.4 is 27.0 Å². The number of nitrogens with one attached hydrogen (secondary N) is 4. The van der Waals surface area contributed by atoms with E-state index >= 15 is 0 Å². The molecule has 0 aromatic heterocycles. The molecular formula is C5H9N5OS. The Morgan fingerprint density at radius 3 is 2.75 bits per heavy atom. The van der Waals surface area contributed by atoms with Gasteiger partial charge in [0.15, 0.2) is 6.29 Å². The van der Waals surface area contributed by atoms with Crippen LogP contribution in [0.15, 0.2) is 11.5 Å². The summed E-state index contributed by atoms with van der Waals surface area (Å²) in [5.74, 6) is 0.381. The maximum Gasteiger partial charge on any atom is 0.273 e. The number of hydrogen-bond acceptors (Lipinski definition) is 6. The Balaban J connectivity index is 2.24. The first-order valence-corrected chi connectivity index (χ1v) is 3.97. The summed E-state index contributed by atoms with van der Waals surface area (Å²) >= 11 is 4.09. The first kappa shape index (κ1) is 7.56. The van der Waals surface area contributed by atoms with Crippen molar-refractivity contribution in [3.05, 3.63) is 11.5 Å². The van der Waals surface area contributed by atoms with E-state index in [1.165, 1.54) is 0 Å². The van der Waals surface area contributed by atoms with Gasteiger partial charge in [-0.3, -0.25) is 10.5 Å². The lowest BCUT2D eigenvalue weighted by Crippen LogP contribution is -2.57. The average Bonchev–Trinajstić information content (AvgIpc) is 2.29. The molecule has 6 N–H and O–H groups in total. The van der Waals surface area contributed by atoms with Crippen molar-refractivity contribution in [2.24, 2.45) is 5.73 Å². The molecule has 0 saturated heterocycles. The van der Waals surface area contributed by atoms with Crippen molar-refractivity contribution in [1.29, 1.82) is 0 Å². The van der Waals surface area contributed by atoms with Gasteiger partial charge >= 0.3 is 0 Å². The molecule has 2 unspecified atom stereocenters. The molecule has 0 aliphatic carbocycles. The Morgan fingerprint density at radius 1 is 1.25 bits per heavy atom. The van der Waals surface area contributed by atoms with Gasteiger partial charge in [-0.1, -0.05) is 0 Å². The summed E-state index contributed by atoms with van der Waals surface area (Å²) < 4.78 is 0. The maximum absolute atomic E-state index is 11.2. The molecule has 0 aromatic carbocycles. The van der Waals surface area contributed by atoms with Crippen molar-refractivity contribution in [3.8, 4) is 0 Å². The summed E-state index contributed by atoms with van der Waals surface area (Å²) in [6.45, 7) is 0. The first-order chi connectivity index (χ1) is 5.66. The van der Waals surface area contributed by atoms with Crippen LogP contribution in [-0.4, -0.2) is 17.7 Å². The van der Waals surface area contributed by atoms with Gasteiger partial charge in [0.25, 0.3) is 5.91 Å². The lowest BCUT2D eigenvalue weighted by Gasteiger charge is -2.22. The maximum atomic E-state index is 11.2. The van der Waals surface area contributed by atoms with Gasteiger partial charge in [-0.05, 0) is 0 Å².